The minimum atomic E-state index is -1.06. The smallest absolute Gasteiger partial charge is 0.870 e. The van der Waals surface area contributed by atoms with Crippen LogP contribution in [0.1, 0.15) is 106 Å². The van der Waals surface area contributed by atoms with Crippen molar-refractivity contribution in [3.63, 3.8) is 0 Å². The van der Waals surface area contributed by atoms with Gasteiger partial charge in [-0.15, -0.1) is 0 Å². The summed E-state index contributed by atoms with van der Waals surface area (Å²) in [6.07, 6.45) is 1.78. The van der Waals surface area contributed by atoms with Gasteiger partial charge in [0, 0.05) is 18.7 Å². The van der Waals surface area contributed by atoms with Gasteiger partial charge in [0.25, 0.3) is 5.91 Å². The van der Waals surface area contributed by atoms with Crippen molar-refractivity contribution in [1.29, 1.82) is 0 Å². The predicted octanol–water partition coefficient (Wildman–Crippen LogP) is 2.74. The second kappa shape index (κ2) is 22.6. The molecule has 0 aliphatic rings. The van der Waals surface area contributed by atoms with Crippen molar-refractivity contribution >= 4 is 35.8 Å². The molecule has 0 aliphatic carbocycles. The molecule has 1 amide bonds. The third kappa shape index (κ3) is 15.2. The molecule has 0 heterocycles. The Kier molecular flexibility index (Phi) is 21.3. The zero-order valence-corrected chi connectivity index (χ0v) is 29.0. The van der Waals surface area contributed by atoms with Crippen molar-refractivity contribution < 1.29 is 77.9 Å². The summed E-state index contributed by atoms with van der Waals surface area (Å²) in [6, 6.07) is 13.5. The molecule has 49 heavy (non-hydrogen) atoms. The molecule has 0 radical (unpaired) electrons. The van der Waals surface area contributed by atoms with Gasteiger partial charge in [-0.3, -0.25) is 4.79 Å². The topological polar surface area (TPSA) is 215 Å². The van der Waals surface area contributed by atoms with Crippen LogP contribution < -0.4 is 18.9 Å². The van der Waals surface area contributed by atoms with E-state index < -0.39 is 29.8 Å². The number of esters is 2. The van der Waals surface area contributed by atoms with E-state index in [0.717, 1.165) is 18.4 Å². The van der Waals surface area contributed by atoms with E-state index in [-0.39, 0.29) is 58.1 Å². The first-order valence-electron chi connectivity index (χ1n) is 14.6. The molecule has 0 saturated carbocycles. The number of aromatic carboxylic acids is 3. The molecular formula is C35H42LiNO12. The molecule has 3 rings (SSSR count). The first kappa shape index (κ1) is 46.2. The van der Waals surface area contributed by atoms with Gasteiger partial charge in [-0.2, -0.15) is 0 Å². The van der Waals surface area contributed by atoms with Crippen LogP contribution in [-0.4, -0.2) is 88.8 Å². The van der Waals surface area contributed by atoms with Crippen LogP contribution in [0, 0.1) is 20.8 Å². The standard InChI is InChI=1S/C15H21NO3.2C10H10O4.Li.H2O/c1-4-6-16(7-5-2)14(17)12-8-11(3)9-13(10-12)15(18)19;2*1-6-3-7(9(11)12)5-8(4-6)10(13)14-2;;/h8-10H,4-7H2,1-3H3,(H,18,19);2*3-5H,1-2H3,(H,11,12);;1H2/q;;;+1;/p-1. The summed E-state index contributed by atoms with van der Waals surface area (Å²) in [6.45, 7) is 10.7. The van der Waals surface area contributed by atoms with Crippen LogP contribution in [0.5, 0.6) is 0 Å². The molecule has 0 saturated heterocycles. The van der Waals surface area contributed by atoms with E-state index in [9.17, 15) is 28.8 Å². The maximum atomic E-state index is 12.4. The zero-order valence-electron chi connectivity index (χ0n) is 29.0. The van der Waals surface area contributed by atoms with Gasteiger partial charge in [0.05, 0.1) is 42.0 Å². The average Bonchev–Trinajstić information content (AvgIpc) is 3.03. The molecule has 3 aromatic carbocycles. The molecule has 260 valence electrons. The van der Waals surface area contributed by atoms with Crippen LogP contribution in [-0.2, 0) is 9.47 Å². The molecule has 0 unspecified atom stereocenters. The number of methoxy groups -OCH3 is 2. The Morgan fingerprint density at radius 3 is 1.06 bits per heavy atom. The molecule has 0 spiro atoms. The summed E-state index contributed by atoms with van der Waals surface area (Å²) in [7, 11) is 2.51. The van der Waals surface area contributed by atoms with Crippen LogP contribution in [0.2, 0.25) is 0 Å². The number of carbonyl (C=O) groups is 6. The third-order valence-corrected chi connectivity index (χ3v) is 6.34. The fraction of sp³-hybridized carbons (Fsp3) is 0.314. The minimum absolute atomic E-state index is 0. The number of aryl methyl sites for hydroxylation is 3. The van der Waals surface area contributed by atoms with E-state index in [1.54, 1.807) is 49.9 Å². The summed E-state index contributed by atoms with van der Waals surface area (Å²) in [5, 5.41) is 26.5. The maximum absolute atomic E-state index is 12.4. The van der Waals surface area contributed by atoms with Crippen LogP contribution in [0.25, 0.3) is 0 Å². The quantitative estimate of drug-likeness (QED) is 0.209. The molecule has 0 atom stereocenters. The Morgan fingerprint density at radius 1 is 0.531 bits per heavy atom. The van der Waals surface area contributed by atoms with Crippen molar-refractivity contribution in [3.8, 4) is 0 Å². The molecule has 14 heteroatoms. The minimum Gasteiger partial charge on any atom is -0.870 e. The monoisotopic (exact) mass is 675 g/mol. The second-order valence-electron chi connectivity index (χ2n) is 10.5. The van der Waals surface area contributed by atoms with E-state index in [2.05, 4.69) is 9.47 Å². The van der Waals surface area contributed by atoms with Gasteiger partial charge >= 0.3 is 48.7 Å². The number of carboxylic acids is 3. The van der Waals surface area contributed by atoms with Gasteiger partial charge < -0.3 is 35.2 Å². The summed E-state index contributed by atoms with van der Waals surface area (Å²) < 4.78 is 8.99. The molecule has 0 bridgehead atoms. The van der Waals surface area contributed by atoms with Gasteiger partial charge in [-0.1, -0.05) is 13.8 Å². The fourth-order valence-electron chi connectivity index (χ4n) is 4.35. The first-order valence-corrected chi connectivity index (χ1v) is 14.6. The van der Waals surface area contributed by atoms with Crippen molar-refractivity contribution in [2.24, 2.45) is 0 Å². The number of amides is 1. The van der Waals surface area contributed by atoms with E-state index >= 15 is 0 Å². The number of carboxylic acid groups (broad SMARTS) is 3. The Bertz CT molecular complexity index is 1540. The molecule has 13 nitrogen and oxygen atoms in total. The van der Waals surface area contributed by atoms with Crippen LogP contribution in [0.15, 0.2) is 54.6 Å². The molecule has 0 aliphatic heterocycles. The van der Waals surface area contributed by atoms with E-state index in [1.807, 2.05) is 13.8 Å². The summed E-state index contributed by atoms with van der Waals surface area (Å²) >= 11 is 0. The van der Waals surface area contributed by atoms with Crippen molar-refractivity contribution in [3.05, 3.63) is 105 Å². The largest absolute Gasteiger partial charge is 1.00 e. The normalized spacial score (nSPS) is 9.45. The Hall–Kier alpha value is -4.96. The molecule has 4 N–H and O–H groups in total. The zero-order chi connectivity index (χ0) is 35.8. The number of hydrogen-bond donors (Lipinski definition) is 3. The molecule has 0 aromatic heterocycles. The first-order chi connectivity index (χ1) is 22.1. The fourth-order valence-corrected chi connectivity index (χ4v) is 4.35. The third-order valence-electron chi connectivity index (χ3n) is 6.34. The summed E-state index contributed by atoms with van der Waals surface area (Å²) in [4.78, 5) is 68.8. The van der Waals surface area contributed by atoms with Crippen molar-refractivity contribution in [1.82, 2.24) is 4.90 Å². The summed E-state index contributed by atoms with van der Waals surface area (Å²) in [5.74, 6) is -4.27. The van der Waals surface area contributed by atoms with E-state index in [1.165, 1.54) is 44.6 Å². The number of rotatable bonds is 10. The number of ether oxygens (including phenoxy) is 2. The molecule has 0 fully saturated rings. The number of carbonyl (C=O) groups excluding carboxylic acids is 3. The Morgan fingerprint density at radius 2 is 0.796 bits per heavy atom. The van der Waals surface area contributed by atoms with Crippen LogP contribution >= 0.6 is 0 Å². The number of nitrogens with zero attached hydrogens (tertiary/aromatic N) is 1. The van der Waals surface area contributed by atoms with Gasteiger partial charge in [0.2, 0.25) is 0 Å². The van der Waals surface area contributed by atoms with Crippen molar-refractivity contribution in [2.45, 2.75) is 47.5 Å². The van der Waals surface area contributed by atoms with Gasteiger partial charge in [-0.25, -0.2) is 24.0 Å². The average molecular weight is 676 g/mol. The second-order valence-corrected chi connectivity index (χ2v) is 10.5. The number of benzene rings is 3. The maximum Gasteiger partial charge on any atom is 1.00 e. The number of hydrogen-bond acceptors (Lipinski definition) is 9. The van der Waals surface area contributed by atoms with Gasteiger partial charge in [-0.05, 0) is 105 Å². The van der Waals surface area contributed by atoms with E-state index in [4.69, 9.17) is 15.3 Å². The molecule has 3 aromatic rings. The van der Waals surface area contributed by atoms with Crippen LogP contribution in [0.4, 0.5) is 0 Å². The summed E-state index contributed by atoms with van der Waals surface area (Å²) in [5.41, 5.74) is 3.52. The van der Waals surface area contributed by atoms with Crippen LogP contribution in [0.3, 0.4) is 0 Å². The van der Waals surface area contributed by atoms with Gasteiger partial charge in [0.15, 0.2) is 0 Å². The Labute approximate surface area is 297 Å². The SMILES string of the molecule is CCCN(CCC)C(=O)c1cc(C)cc(C(=O)O)c1.COC(=O)c1cc(C)cc(C(=O)O)c1.COC(=O)c1cc(C)cc(C(=O)O)c1.[Li+].[OH-]. The Balaban J connectivity index is 0. The van der Waals surface area contributed by atoms with Gasteiger partial charge in [0.1, 0.15) is 0 Å². The predicted molar refractivity (Wildman–Crippen MR) is 176 cm³/mol. The van der Waals surface area contributed by atoms with E-state index in [0.29, 0.717) is 29.8 Å². The molecular weight excluding hydrogens is 633 g/mol. The van der Waals surface area contributed by atoms with Crippen molar-refractivity contribution in [2.75, 3.05) is 27.3 Å².